The number of sulfonamides is 1. The summed E-state index contributed by atoms with van der Waals surface area (Å²) in [4.78, 5) is 0. The number of nitrogens with one attached hydrogen (secondary N) is 1. The zero-order valence-corrected chi connectivity index (χ0v) is 14.8. The van der Waals surface area contributed by atoms with Gasteiger partial charge < -0.3 is 0 Å². The van der Waals surface area contributed by atoms with Crippen molar-refractivity contribution in [3.05, 3.63) is 63.6 Å². The largest absolute Gasteiger partial charge is 0.272 e. The number of benzene rings is 1. The lowest BCUT2D eigenvalue weighted by Gasteiger charge is -2.03. The van der Waals surface area contributed by atoms with Crippen molar-refractivity contribution in [2.24, 2.45) is 0 Å². The second-order valence-corrected chi connectivity index (χ2v) is 8.70. The zero-order valence-electron chi connectivity index (χ0n) is 11.6. The first-order valence-electron chi connectivity index (χ1n) is 6.49. The second-order valence-electron chi connectivity index (χ2n) is 4.67. The third-order valence-corrected chi connectivity index (χ3v) is 6.29. The van der Waals surface area contributed by atoms with E-state index in [9.17, 15) is 8.42 Å². The predicted octanol–water partition coefficient (Wildman–Crippen LogP) is 4.10. The molecule has 1 N–H and O–H groups in total. The second kappa shape index (κ2) is 6.52. The molecular weight excluding hydrogens is 377 g/mol. The van der Waals surface area contributed by atoms with Gasteiger partial charge in [0.25, 0.3) is 10.0 Å². The summed E-state index contributed by atoms with van der Waals surface area (Å²) in [6.07, 6.45) is 1.58. The molecule has 0 fully saturated rings. The van der Waals surface area contributed by atoms with Gasteiger partial charge in [-0.25, -0.2) is 8.42 Å². The maximum atomic E-state index is 12.3. The summed E-state index contributed by atoms with van der Waals surface area (Å²) in [6, 6.07) is 12.6. The van der Waals surface area contributed by atoms with Crippen molar-refractivity contribution < 1.29 is 8.42 Å². The van der Waals surface area contributed by atoms with E-state index < -0.39 is 10.0 Å². The van der Waals surface area contributed by atoms with Crippen LogP contribution < -0.4 is 4.72 Å². The van der Waals surface area contributed by atoms with Crippen LogP contribution in [0.25, 0.3) is 0 Å². The van der Waals surface area contributed by atoms with E-state index in [1.807, 2.05) is 30.3 Å². The fourth-order valence-corrected chi connectivity index (χ4v) is 4.69. The quantitative estimate of drug-likeness (QED) is 0.716. The number of anilines is 1. The lowest BCUT2D eigenvalue weighted by Crippen LogP contribution is -2.12. The first-order chi connectivity index (χ1) is 10.9. The molecule has 5 nitrogen and oxygen atoms in total. The maximum absolute atomic E-state index is 12.3. The van der Waals surface area contributed by atoms with Gasteiger partial charge in [0.1, 0.15) is 9.23 Å². The highest BCUT2D eigenvalue weighted by Gasteiger charge is 2.20. The Hall–Kier alpha value is -1.54. The van der Waals surface area contributed by atoms with Crippen LogP contribution in [0.4, 0.5) is 5.82 Å². The van der Waals surface area contributed by atoms with E-state index in [0.29, 0.717) is 10.9 Å². The highest BCUT2D eigenvalue weighted by molar-refractivity contribution is 7.94. The van der Waals surface area contributed by atoms with Crippen molar-refractivity contribution in [2.45, 2.75) is 10.8 Å². The van der Waals surface area contributed by atoms with E-state index in [0.717, 1.165) is 16.9 Å². The Labute approximate surface area is 147 Å². The molecule has 0 aliphatic heterocycles. The van der Waals surface area contributed by atoms with Gasteiger partial charge in [-0.1, -0.05) is 53.5 Å². The van der Waals surface area contributed by atoms with Crippen molar-refractivity contribution in [1.29, 1.82) is 0 Å². The van der Waals surface area contributed by atoms with E-state index in [2.05, 4.69) is 9.82 Å². The number of rotatable bonds is 5. The molecule has 3 aromatic rings. The van der Waals surface area contributed by atoms with Gasteiger partial charge in [-0.3, -0.25) is 9.40 Å². The molecule has 0 radical (unpaired) electrons. The van der Waals surface area contributed by atoms with Gasteiger partial charge in [-0.2, -0.15) is 5.10 Å². The first kappa shape index (κ1) is 16.3. The third kappa shape index (κ3) is 3.87. The van der Waals surface area contributed by atoms with Gasteiger partial charge in [0, 0.05) is 6.20 Å². The lowest BCUT2D eigenvalue weighted by atomic mass is 10.2. The summed E-state index contributed by atoms with van der Waals surface area (Å²) in [6.45, 7) is 0.493. The molecule has 120 valence electrons. The van der Waals surface area contributed by atoms with Crippen molar-refractivity contribution in [1.82, 2.24) is 9.78 Å². The van der Waals surface area contributed by atoms with Gasteiger partial charge in [-0.15, -0.1) is 11.3 Å². The summed E-state index contributed by atoms with van der Waals surface area (Å²) < 4.78 is 29.0. The molecule has 0 atom stereocenters. The minimum Gasteiger partial charge on any atom is -0.265 e. The standard InChI is InChI=1S/C14H11Cl2N3O2S2/c15-11-9-19(8-10-4-2-1-3-5-10)17-14(11)18-23(20,21)13-7-6-12(16)22-13/h1-7,9H,8H2,(H,17,18). The summed E-state index contributed by atoms with van der Waals surface area (Å²) in [7, 11) is -3.75. The van der Waals surface area contributed by atoms with Gasteiger partial charge >= 0.3 is 0 Å². The van der Waals surface area contributed by atoms with Crippen LogP contribution in [0.3, 0.4) is 0 Å². The molecule has 23 heavy (non-hydrogen) atoms. The fourth-order valence-electron chi connectivity index (χ4n) is 1.94. The molecule has 0 spiro atoms. The molecule has 0 unspecified atom stereocenters. The maximum Gasteiger partial charge on any atom is 0.272 e. The molecule has 0 bridgehead atoms. The molecule has 2 aromatic heterocycles. The van der Waals surface area contributed by atoms with Crippen LogP contribution in [0, 0.1) is 0 Å². The highest BCUT2D eigenvalue weighted by atomic mass is 35.5. The number of hydrogen-bond acceptors (Lipinski definition) is 4. The van der Waals surface area contributed by atoms with Crippen molar-refractivity contribution in [3.8, 4) is 0 Å². The van der Waals surface area contributed by atoms with E-state index in [1.54, 1.807) is 10.9 Å². The fraction of sp³-hybridized carbons (Fsp3) is 0.0714. The predicted molar refractivity (Wildman–Crippen MR) is 92.9 cm³/mol. The Morgan fingerprint density at radius 3 is 2.52 bits per heavy atom. The first-order valence-corrected chi connectivity index (χ1v) is 9.55. The molecular formula is C14H11Cl2N3O2S2. The molecule has 0 saturated heterocycles. The summed E-state index contributed by atoms with van der Waals surface area (Å²) in [5.41, 5.74) is 1.03. The van der Waals surface area contributed by atoms with E-state index in [4.69, 9.17) is 23.2 Å². The smallest absolute Gasteiger partial charge is 0.265 e. The topological polar surface area (TPSA) is 64.0 Å². The summed E-state index contributed by atoms with van der Waals surface area (Å²) in [5, 5.41) is 4.42. The van der Waals surface area contributed by atoms with Crippen LogP contribution in [0.5, 0.6) is 0 Å². The van der Waals surface area contributed by atoms with Crippen LogP contribution in [0.2, 0.25) is 9.36 Å². The van der Waals surface area contributed by atoms with E-state index >= 15 is 0 Å². The van der Waals surface area contributed by atoms with Crippen molar-refractivity contribution in [3.63, 3.8) is 0 Å². The SMILES string of the molecule is O=S(=O)(Nc1nn(Cc2ccccc2)cc1Cl)c1ccc(Cl)s1. The molecule has 2 heterocycles. The Bertz CT molecular complexity index is 921. The van der Waals surface area contributed by atoms with Gasteiger partial charge in [0.2, 0.25) is 0 Å². The van der Waals surface area contributed by atoms with Crippen LogP contribution in [-0.2, 0) is 16.6 Å². The Kier molecular flexibility index (Phi) is 4.63. The van der Waals surface area contributed by atoms with Crippen molar-refractivity contribution >= 4 is 50.4 Å². The minimum absolute atomic E-state index is 0.0899. The zero-order chi connectivity index (χ0) is 16.4. The summed E-state index contributed by atoms with van der Waals surface area (Å²) >= 11 is 12.8. The van der Waals surface area contributed by atoms with E-state index in [-0.39, 0.29) is 15.0 Å². The average Bonchev–Trinajstić information content (AvgIpc) is 3.07. The normalized spacial score (nSPS) is 11.6. The molecule has 0 aliphatic rings. The van der Waals surface area contributed by atoms with Crippen LogP contribution in [-0.4, -0.2) is 18.2 Å². The number of aromatic nitrogens is 2. The number of hydrogen-bond donors (Lipinski definition) is 1. The Morgan fingerprint density at radius 2 is 1.87 bits per heavy atom. The number of nitrogens with zero attached hydrogens (tertiary/aromatic N) is 2. The molecule has 9 heteroatoms. The van der Waals surface area contributed by atoms with Gasteiger partial charge in [0.15, 0.2) is 5.82 Å². The highest BCUT2D eigenvalue weighted by Crippen LogP contribution is 2.29. The molecule has 0 amide bonds. The summed E-state index contributed by atoms with van der Waals surface area (Å²) in [5.74, 6) is 0.0899. The number of thiophene rings is 1. The molecule has 0 saturated carbocycles. The molecule has 3 rings (SSSR count). The van der Waals surface area contributed by atoms with Gasteiger partial charge in [-0.05, 0) is 17.7 Å². The Balaban J connectivity index is 1.81. The van der Waals surface area contributed by atoms with Crippen molar-refractivity contribution in [2.75, 3.05) is 4.72 Å². The molecule has 0 aliphatic carbocycles. The third-order valence-electron chi connectivity index (χ3n) is 2.95. The lowest BCUT2D eigenvalue weighted by molar-refractivity contribution is 0.602. The average molecular weight is 388 g/mol. The van der Waals surface area contributed by atoms with Crippen LogP contribution in [0.15, 0.2) is 52.9 Å². The minimum atomic E-state index is -3.75. The number of halogens is 2. The molecule has 1 aromatic carbocycles. The van der Waals surface area contributed by atoms with Crippen LogP contribution >= 0.6 is 34.5 Å². The van der Waals surface area contributed by atoms with E-state index in [1.165, 1.54) is 12.1 Å². The Morgan fingerprint density at radius 1 is 1.13 bits per heavy atom. The monoisotopic (exact) mass is 387 g/mol. The van der Waals surface area contributed by atoms with Gasteiger partial charge in [0.05, 0.1) is 10.9 Å². The van der Waals surface area contributed by atoms with Crippen LogP contribution in [0.1, 0.15) is 5.56 Å².